The fourth-order valence-corrected chi connectivity index (χ4v) is 0.916. The molecule has 0 spiro atoms. The molecule has 1 rings (SSSR count). The Kier molecular flexibility index (Phi) is 2.24. The van der Waals surface area contributed by atoms with Gasteiger partial charge in [0, 0.05) is 0 Å². The zero-order valence-corrected chi connectivity index (χ0v) is 6.80. The van der Waals surface area contributed by atoms with Crippen LogP contribution in [0, 0.1) is 10.1 Å². The monoisotopic (exact) mass is 198 g/mol. The lowest BCUT2D eigenvalue weighted by Crippen LogP contribution is -2.03. The van der Waals surface area contributed by atoms with Gasteiger partial charge in [0.05, 0.1) is 16.7 Å². The van der Waals surface area contributed by atoms with Crippen molar-refractivity contribution < 1.29 is 19.9 Å². The molecule has 0 atom stereocenters. The van der Waals surface area contributed by atoms with Crippen LogP contribution in [0.3, 0.4) is 0 Å². The number of phenolic OH excluding ortho intramolecular Hbond substituents is 1. The number of nitro benzene ring substituents is 1. The standard InChI is InChI=1S/C7H6N2O5/c8-4-1-3(7(11)12)5(9(13)14)2-6(4)10/h1-2,10H,8H2,(H,11,12). The van der Waals surface area contributed by atoms with Crippen LogP contribution in [-0.4, -0.2) is 21.1 Å². The van der Waals surface area contributed by atoms with Crippen LogP contribution in [0.15, 0.2) is 12.1 Å². The van der Waals surface area contributed by atoms with Gasteiger partial charge < -0.3 is 15.9 Å². The van der Waals surface area contributed by atoms with Crippen molar-refractivity contribution in [1.29, 1.82) is 0 Å². The molecule has 0 bridgehead atoms. The molecule has 0 fully saturated rings. The molecule has 14 heavy (non-hydrogen) atoms. The van der Waals surface area contributed by atoms with Gasteiger partial charge in [0.2, 0.25) is 0 Å². The second kappa shape index (κ2) is 3.21. The van der Waals surface area contributed by atoms with Crippen LogP contribution in [0.25, 0.3) is 0 Å². The van der Waals surface area contributed by atoms with E-state index in [0.29, 0.717) is 6.07 Å². The molecule has 0 heterocycles. The average Bonchev–Trinajstić information content (AvgIpc) is 2.08. The molecular weight excluding hydrogens is 192 g/mol. The molecule has 0 unspecified atom stereocenters. The Labute approximate surface area is 77.5 Å². The van der Waals surface area contributed by atoms with Crippen LogP contribution < -0.4 is 5.73 Å². The van der Waals surface area contributed by atoms with E-state index in [4.69, 9.17) is 15.9 Å². The number of nitrogens with zero attached hydrogens (tertiary/aromatic N) is 1. The van der Waals surface area contributed by atoms with Gasteiger partial charge in [-0.3, -0.25) is 10.1 Å². The molecular formula is C7H6N2O5. The van der Waals surface area contributed by atoms with Crippen LogP contribution in [0.1, 0.15) is 10.4 Å². The number of aromatic carboxylic acids is 1. The molecule has 1 aromatic carbocycles. The van der Waals surface area contributed by atoms with Crippen molar-refractivity contribution in [2.45, 2.75) is 0 Å². The van der Waals surface area contributed by atoms with E-state index in [0.717, 1.165) is 6.07 Å². The molecule has 7 heteroatoms. The van der Waals surface area contributed by atoms with Crippen molar-refractivity contribution >= 4 is 17.3 Å². The van der Waals surface area contributed by atoms with Gasteiger partial charge >= 0.3 is 5.97 Å². The Hall–Kier alpha value is -2.31. The van der Waals surface area contributed by atoms with Crippen LogP contribution in [0.5, 0.6) is 5.75 Å². The Balaban J connectivity index is 3.46. The van der Waals surface area contributed by atoms with Gasteiger partial charge in [-0.05, 0) is 6.07 Å². The van der Waals surface area contributed by atoms with E-state index < -0.39 is 27.9 Å². The minimum Gasteiger partial charge on any atom is -0.506 e. The van der Waals surface area contributed by atoms with Gasteiger partial charge in [-0.25, -0.2) is 4.79 Å². The van der Waals surface area contributed by atoms with Crippen molar-refractivity contribution in [3.8, 4) is 5.75 Å². The molecule has 4 N–H and O–H groups in total. The van der Waals surface area contributed by atoms with Crippen molar-refractivity contribution in [3.05, 3.63) is 27.8 Å². The number of carboxylic acids is 1. The molecule has 0 aromatic heterocycles. The quantitative estimate of drug-likeness (QED) is 0.276. The van der Waals surface area contributed by atoms with Gasteiger partial charge in [0.25, 0.3) is 5.69 Å². The first-order chi connectivity index (χ1) is 6.43. The van der Waals surface area contributed by atoms with Crippen LogP contribution in [0.4, 0.5) is 11.4 Å². The zero-order chi connectivity index (χ0) is 10.9. The second-order valence-corrected chi connectivity index (χ2v) is 2.49. The number of hydrogen-bond donors (Lipinski definition) is 3. The van der Waals surface area contributed by atoms with E-state index in [1.54, 1.807) is 0 Å². The number of rotatable bonds is 2. The molecule has 7 nitrogen and oxygen atoms in total. The summed E-state index contributed by atoms with van der Waals surface area (Å²) in [5.74, 6) is -1.98. The molecule has 0 aliphatic carbocycles. The van der Waals surface area contributed by atoms with Crippen LogP contribution in [-0.2, 0) is 0 Å². The highest BCUT2D eigenvalue weighted by Gasteiger charge is 2.21. The number of carbonyl (C=O) groups is 1. The third kappa shape index (κ3) is 1.56. The van der Waals surface area contributed by atoms with Crippen molar-refractivity contribution in [2.75, 3.05) is 5.73 Å². The van der Waals surface area contributed by atoms with Crippen LogP contribution >= 0.6 is 0 Å². The number of carboxylic acid groups (broad SMARTS) is 1. The Morgan fingerprint density at radius 3 is 2.50 bits per heavy atom. The molecule has 1 aromatic rings. The van der Waals surface area contributed by atoms with Crippen LogP contribution in [0.2, 0.25) is 0 Å². The molecule has 74 valence electrons. The minimum absolute atomic E-state index is 0.215. The van der Waals surface area contributed by atoms with Gasteiger partial charge in [-0.1, -0.05) is 0 Å². The molecule has 0 amide bonds. The average molecular weight is 198 g/mol. The summed E-state index contributed by atoms with van der Waals surface area (Å²) in [5.41, 5.74) is 3.74. The highest BCUT2D eigenvalue weighted by atomic mass is 16.6. The number of nitrogen functional groups attached to an aromatic ring is 1. The minimum atomic E-state index is -1.47. The summed E-state index contributed by atoms with van der Waals surface area (Å²) in [4.78, 5) is 20.0. The Morgan fingerprint density at radius 2 is 2.07 bits per heavy atom. The maximum atomic E-state index is 10.5. The largest absolute Gasteiger partial charge is 0.506 e. The lowest BCUT2D eigenvalue weighted by molar-refractivity contribution is -0.385. The normalized spacial score (nSPS) is 9.71. The van der Waals surface area contributed by atoms with Gasteiger partial charge in [0.1, 0.15) is 11.3 Å². The van der Waals surface area contributed by atoms with Crippen molar-refractivity contribution in [1.82, 2.24) is 0 Å². The van der Waals surface area contributed by atoms with E-state index in [1.165, 1.54) is 0 Å². The summed E-state index contributed by atoms with van der Waals surface area (Å²) >= 11 is 0. The summed E-state index contributed by atoms with van der Waals surface area (Å²) in [6.07, 6.45) is 0. The third-order valence-electron chi connectivity index (χ3n) is 1.57. The van der Waals surface area contributed by atoms with E-state index in [1.807, 2.05) is 0 Å². The first kappa shape index (κ1) is 9.78. The lowest BCUT2D eigenvalue weighted by Gasteiger charge is -2.01. The Bertz CT molecular complexity index is 376. The SMILES string of the molecule is Nc1cc(C(=O)O)c([N+](=O)[O-])cc1O. The number of anilines is 1. The summed E-state index contributed by atoms with van der Waals surface area (Å²) in [5, 5.41) is 28.0. The number of nitro groups is 1. The first-order valence-corrected chi connectivity index (χ1v) is 3.43. The summed E-state index contributed by atoms with van der Waals surface area (Å²) in [7, 11) is 0. The van der Waals surface area contributed by atoms with Crippen molar-refractivity contribution in [3.63, 3.8) is 0 Å². The molecule has 0 aliphatic rings. The predicted molar refractivity (Wildman–Crippen MR) is 46.1 cm³/mol. The summed E-state index contributed by atoms with van der Waals surface area (Å²) in [6.45, 7) is 0. The smallest absolute Gasteiger partial charge is 0.342 e. The second-order valence-electron chi connectivity index (χ2n) is 2.49. The van der Waals surface area contributed by atoms with Crippen molar-refractivity contribution in [2.24, 2.45) is 0 Å². The highest BCUT2D eigenvalue weighted by molar-refractivity contribution is 5.94. The van der Waals surface area contributed by atoms with E-state index >= 15 is 0 Å². The molecule has 0 saturated carbocycles. The van der Waals surface area contributed by atoms with E-state index in [2.05, 4.69) is 0 Å². The molecule has 0 radical (unpaired) electrons. The van der Waals surface area contributed by atoms with E-state index in [-0.39, 0.29) is 5.69 Å². The fraction of sp³-hybridized carbons (Fsp3) is 0. The molecule has 0 aliphatic heterocycles. The number of aromatic hydroxyl groups is 1. The first-order valence-electron chi connectivity index (χ1n) is 3.43. The third-order valence-corrected chi connectivity index (χ3v) is 1.57. The van der Waals surface area contributed by atoms with Gasteiger partial charge in [0.15, 0.2) is 0 Å². The fourth-order valence-electron chi connectivity index (χ4n) is 0.916. The maximum absolute atomic E-state index is 10.5. The zero-order valence-electron chi connectivity index (χ0n) is 6.80. The summed E-state index contributed by atoms with van der Waals surface area (Å²) in [6, 6.07) is 1.55. The Morgan fingerprint density at radius 1 is 1.50 bits per heavy atom. The number of hydrogen-bond acceptors (Lipinski definition) is 5. The summed E-state index contributed by atoms with van der Waals surface area (Å²) < 4.78 is 0. The lowest BCUT2D eigenvalue weighted by atomic mass is 10.1. The van der Waals surface area contributed by atoms with E-state index in [9.17, 15) is 14.9 Å². The van der Waals surface area contributed by atoms with Gasteiger partial charge in [-0.15, -0.1) is 0 Å². The highest BCUT2D eigenvalue weighted by Crippen LogP contribution is 2.29. The number of benzene rings is 1. The topological polar surface area (TPSA) is 127 Å². The van der Waals surface area contributed by atoms with Gasteiger partial charge in [-0.2, -0.15) is 0 Å². The maximum Gasteiger partial charge on any atom is 0.342 e. The predicted octanol–water partition coefficient (Wildman–Crippen LogP) is 0.581. The number of phenols is 1. The number of nitrogens with two attached hydrogens (primary N) is 1. The molecule has 0 saturated heterocycles.